The van der Waals surface area contributed by atoms with E-state index in [1.807, 2.05) is 12.1 Å². The number of rotatable bonds is 6. The van der Waals surface area contributed by atoms with Gasteiger partial charge < -0.3 is 9.73 Å². The summed E-state index contributed by atoms with van der Waals surface area (Å²) in [4.78, 5) is 12.7. The second-order valence-corrected chi connectivity index (χ2v) is 9.03. The number of carbonyl (C=O) groups excluding carboxylic acids is 1. The van der Waals surface area contributed by atoms with Crippen LogP contribution in [0, 0.1) is 5.82 Å². The van der Waals surface area contributed by atoms with Gasteiger partial charge in [0.1, 0.15) is 5.82 Å². The first kappa shape index (κ1) is 20.9. The minimum absolute atomic E-state index is 0.158. The van der Waals surface area contributed by atoms with E-state index in [1.54, 1.807) is 13.2 Å². The Kier molecular flexibility index (Phi) is 6.43. The lowest BCUT2D eigenvalue weighted by Crippen LogP contribution is -2.23. The Balaban J connectivity index is 1.55. The summed E-state index contributed by atoms with van der Waals surface area (Å²) in [6.45, 7) is 1.80. The van der Waals surface area contributed by atoms with Crippen LogP contribution in [-0.2, 0) is 4.79 Å². The molecule has 2 aromatic heterocycles. The van der Waals surface area contributed by atoms with Crippen LogP contribution in [0.15, 0.2) is 46.2 Å². The molecule has 0 bridgehead atoms. The molecule has 1 saturated carbocycles. The van der Waals surface area contributed by atoms with Crippen molar-refractivity contribution in [1.82, 2.24) is 14.8 Å². The fraction of sp³-hybridized carbons (Fsp3) is 0.381. The quantitative estimate of drug-likeness (QED) is 0.471. The number of thioether (sulfide) groups is 1. The smallest absolute Gasteiger partial charge is 0.237 e. The highest BCUT2D eigenvalue weighted by Crippen LogP contribution is 2.37. The van der Waals surface area contributed by atoms with E-state index >= 15 is 0 Å². The number of amides is 1. The molecule has 0 radical (unpaired) electrons. The Morgan fingerprint density at radius 3 is 2.80 bits per heavy atom. The molecule has 1 atom stereocenters. The summed E-state index contributed by atoms with van der Waals surface area (Å²) >= 11 is 7.36. The van der Waals surface area contributed by atoms with Gasteiger partial charge in [-0.05, 0) is 50.1 Å². The van der Waals surface area contributed by atoms with Crippen molar-refractivity contribution in [3.63, 3.8) is 0 Å². The number of halogens is 2. The number of nitrogens with zero attached hydrogens (tertiary/aromatic N) is 3. The van der Waals surface area contributed by atoms with Gasteiger partial charge in [-0.2, -0.15) is 0 Å². The number of benzene rings is 1. The molecule has 1 aliphatic rings. The molecule has 6 nitrogen and oxygen atoms in total. The summed E-state index contributed by atoms with van der Waals surface area (Å²) in [6.07, 6.45) is 7.25. The average molecular weight is 449 g/mol. The van der Waals surface area contributed by atoms with Crippen molar-refractivity contribution in [2.24, 2.45) is 0 Å². The molecular weight excluding hydrogens is 427 g/mol. The van der Waals surface area contributed by atoms with E-state index in [2.05, 4.69) is 20.1 Å². The number of hydrogen-bond donors (Lipinski definition) is 1. The van der Waals surface area contributed by atoms with E-state index in [1.165, 1.54) is 36.4 Å². The van der Waals surface area contributed by atoms with Gasteiger partial charge in [-0.3, -0.25) is 9.36 Å². The highest BCUT2D eigenvalue weighted by atomic mass is 35.5. The number of hydrogen-bond acceptors (Lipinski definition) is 5. The first-order chi connectivity index (χ1) is 14.5. The van der Waals surface area contributed by atoms with Crippen LogP contribution in [0.25, 0.3) is 11.6 Å². The summed E-state index contributed by atoms with van der Waals surface area (Å²) < 4.78 is 20.9. The fourth-order valence-electron chi connectivity index (χ4n) is 3.64. The Bertz CT molecular complexity index is 1020. The number of anilines is 1. The third kappa shape index (κ3) is 4.54. The maximum absolute atomic E-state index is 13.2. The Labute approximate surface area is 183 Å². The van der Waals surface area contributed by atoms with Gasteiger partial charge in [0.25, 0.3) is 0 Å². The van der Waals surface area contributed by atoms with Crippen molar-refractivity contribution >= 4 is 35.0 Å². The van der Waals surface area contributed by atoms with Crippen molar-refractivity contribution in [3.05, 3.63) is 47.4 Å². The topological polar surface area (TPSA) is 73.0 Å². The van der Waals surface area contributed by atoms with Crippen LogP contribution < -0.4 is 5.32 Å². The van der Waals surface area contributed by atoms with Crippen LogP contribution >= 0.6 is 23.4 Å². The summed E-state index contributed by atoms with van der Waals surface area (Å²) in [5.41, 5.74) is 0.375. The maximum Gasteiger partial charge on any atom is 0.237 e. The van der Waals surface area contributed by atoms with Crippen molar-refractivity contribution in [2.75, 3.05) is 5.32 Å². The van der Waals surface area contributed by atoms with Gasteiger partial charge in [0.2, 0.25) is 11.7 Å². The molecule has 1 aromatic carbocycles. The van der Waals surface area contributed by atoms with Crippen molar-refractivity contribution in [3.8, 4) is 11.6 Å². The second kappa shape index (κ2) is 9.22. The van der Waals surface area contributed by atoms with Crippen LogP contribution in [0.3, 0.4) is 0 Å². The summed E-state index contributed by atoms with van der Waals surface area (Å²) in [5.74, 6) is 0.649. The van der Waals surface area contributed by atoms with Crippen LogP contribution in [0.1, 0.15) is 45.1 Å². The van der Waals surface area contributed by atoms with E-state index in [9.17, 15) is 9.18 Å². The SMILES string of the molecule is C[C@H](Sc1nnc(-c2ccco2)n1C1CCCCC1)C(=O)Nc1ccc(F)cc1Cl. The standard InChI is InChI=1S/C21H22ClFN4O2S/c1-13(20(28)24-17-10-9-14(23)12-16(17)22)30-21-26-25-19(18-8-5-11-29-18)27(21)15-6-3-2-4-7-15/h5,8-13,15H,2-4,6-7H2,1H3,(H,24,28)/t13-/m0/s1. The van der Waals surface area contributed by atoms with Crippen LogP contribution in [0.2, 0.25) is 5.02 Å². The molecule has 2 heterocycles. The molecule has 0 saturated heterocycles. The number of nitrogens with one attached hydrogen (secondary N) is 1. The third-order valence-electron chi connectivity index (χ3n) is 5.19. The van der Waals surface area contributed by atoms with E-state index in [-0.39, 0.29) is 17.0 Å². The molecule has 3 aromatic rings. The zero-order valence-electron chi connectivity index (χ0n) is 16.5. The zero-order valence-corrected chi connectivity index (χ0v) is 18.0. The van der Waals surface area contributed by atoms with Gasteiger partial charge in [-0.15, -0.1) is 10.2 Å². The Morgan fingerprint density at radius 2 is 2.10 bits per heavy atom. The van der Waals surface area contributed by atoms with Crippen molar-refractivity contribution in [1.29, 1.82) is 0 Å². The summed E-state index contributed by atoms with van der Waals surface area (Å²) in [7, 11) is 0. The van der Waals surface area contributed by atoms with Gasteiger partial charge >= 0.3 is 0 Å². The number of carbonyl (C=O) groups is 1. The third-order valence-corrected chi connectivity index (χ3v) is 6.56. The zero-order chi connectivity index (χ0) is 21.1. The van der Waals surface area contributed by atoms with E-state index < -0.39 is 11.1 Å². The Hall–Kier alpha value is -2.32. The highest BCUT2D eigenvalue weighted by molar-refractivity contribution is 8.00. The second-order valence-electron chi connectivity index (χ2n) is 7.32. The van der Waals surface area contributed by atoms with Gasteiger partial charge in [0, 0.05) is 6.04 Å². The van der Waals surface area contributed by atoms with Crippen LogP contribution in [0.4, 0.5) is 10.1 Å². The molecule has 1 amide bonds. The first-order valence-electron chi connectivity index (χ1n) is 9.94. The van der Waals surface area contributed by atoms with E-state index in [4.69, 9.17) is 16.0 Å². The van der Waals surface area contributed by atoms with Crippen LogP contribution in [-0.4, -0.2) is 25.9 Å². The molecule has 0 aliphatic heterocycles. The van der Waals surface area contributed by atoms with Gasteiger partial charge in [-0.1, -0.05) is 42.6 Å². The molecule has 1 N–H and O–H groups in total. The van der Waals surface area contributed by atoms with Gasteiger partial charge in [0.05, 0.1) is 22.2 Å². The van der Waals surface area contributed by atoms with Gasteiger partial charge in [0.15, 0.2) is 10.9 Å². The predicted octanol–water partition coefficient (Wildman–Crippen LogP) is 5.96. The highest BCUT2D eigenvalue weighted by Gasteiger charge is 2.27. The molecule has 158 valence electrons. The van der Waals surface area contributed by atoms with Gasteiger partial charge in [-0.25, -0.2) is 4.39 Å². The molecule has 0 spiro atoms. The lowest BCUT2D eigenvalue weighted by molar-refractivity contribution is -0.115. The molecule has 9 heteroatoms. The van der Waals surface area contributed by atoms with Crippen LogP contribution in [0.5, 0.6) is 0 Å². The molecule has 30 heavy (non-hydrogen) atoms. The van der Waals surface area contributed by atoms with E-state index in [0.717, 1.165) is 25.7 Å². The minimum Gasteiger partial charge on any atom is -0.461 e. The molecule has 4 rings (SSSR count). The predicted molar refractivity (Wildman–Crippen MR) is 115 cm³/mol. The number of aromatic nitrogens is 3. The average Bonchev–Trinajstić information content (AvgIpc) is 3.40. The Morgan fingerprint density at radius 1 is 1.30 bits per heavy atom. The van der Waals surface area contributed by atoms with Crippen molar-refractivity contribution in [2.45, 2.75) is 55.5 Å². The molecule has 1 fully saturated rings. The van der Waals surface area contributed by atoms with E-state index in [0.29, 0.717) is 22.4 Å². The minimum atomic E-state index is -0.456. The first-order valence-corrected chi connectivity index (χ1v) is 11.2. The molecular formula is C21H22ClFN4O2S. The van der Waals surface area contributed by atoms with Crippen molar-refractivity contribution < 1.29 is 13.6 Å². The lowest BCUT2D eigenvalue weighted by atomic mass is 9.95. The maximum atomic E-state index is 13.2. The number of furan rings is 1. The lowest BCUT2D eigenvalue weighted by Gasteiger charge is -2.25. The molecule has 1 aliphatic carbocycles. The largest absolute Gasteiger partial charge is 0.461 e. The summed E-state index contributed by atoms with van der Waals surface area (Å²) in [6, 6.07) is 7.85. The summed E-state index contributed by atoms with van der Waals surface area (Å²) in [5, 5.41) is 11.9. The fourth-order valence-corrected chi connectivity index (χ4v) is 4.77. The monoisotopic (exact) mass is 448 g/mol. The molecule has 0 unspecified atom stereocenters. The normalized spacial score (nSPS) is 15.8.